The molecular formula is C8H16O2. The fourth-order valence-electron chi connectivity index (χ4n) is 1.17. The van der Waals surface area contributed by atoms with Crippen LogP contribution in [0.3, 0.4) is 0 Å². The van der Waals surface area contributed by atoms with Gasteiger partial charge in [-0.3, -0.25) is 0 Å². The third-order valence-corrected chi connectivity index (χ3v) is 1.66. The molecular weight excluding hydrogens is 128 g/mol. The Morgan fingerprint density at radius 1 is 1.30 bits per heavy atom. The lowest BCUT2D eigenvalue weighted by molar-refractivity contribution is -0.115. The highest BCUT2D eigenvalue weighted by atomic mass is 16.5. The molecule has 0 saturated carbocycles. The standard InChI is InChI=1S/C8H16O2/c1-6(2)8(10-4)7(3)5-9/h5-8H,1-4H3/t7-,8+/m1/s1. The highest BCUT2D eigenvalue weighted by molar-refractivity contribution is 5.53. The van der Waals surface area contributed by atoms with Gasteiger partial charge in [-0.1, -0.05) is 20.8 Å². The SMILES string of the molecule is CO[C@@H](C(C)C)[C@H](C)C=O. The molecule has 0 unspecified atom stereocenters. The molecule has 0 rings (SSSR count). The number of hydrogen-bond acceptors (Lipinski definition) is 2. The van der Waals surface area contributed by atoms with Crippen LogP contribution in [0.25, 0.3) is 0 Å². The van der Waals surface area contributed by atoms with Crippen molar-refractivity contribution >= 4 is 6.29 Å². The predicted molar refractivity (Wildman–Crippen MR) is 40.9 cm³/mol. The van der Waals surface area contributed by atoms with E-state index in [0.29, 0.717) is 5.92 Å². The molecule has 10 heavy (non-hydrogen) atoms. The lowest BCUT2D eigenvalue weighted by atomic mass is 9.96. The van der Waals surface area contributed by atoms with Gasteiger partial charge in [-0.15, -0.1) is 0 Å². The molecule has 0 aromatic carbocycles. The molecule has 60 valence electrons. The van der Waals surface area contributed by atoms with Gasteiger partial charge in [0.1, 0.15) is 6.29 Å². The molecule has 0 saturated heterocycles. The Balaban J connectivity index is 3.92. The van der Waals surface area contributed by atoms with Crippen LogP contribution in [-0.4, -0.2) is 19.5 Å². The zero-order chi connectivity index (χ0) is 8.15. The van der Waals surface area contributed by atoms with Crippen LogP contribution >= 0.6 is 0 Å². The topological polar surface area (TPSA) is 26.3 Å². The van der Waals surface area contributed by atoms with Crippen molar-refractivity contribution in [2.75, 3.05) is 7.11 Å². The average Bonchev–Trinajstić information content (AvgIpc) is 1.88. The van der Waals surface area contributed by atoms with Gasteiger partial charge in [0.25, 0.3) is 0 Å². The van der Waals surface area contributed by atoms with Gasteiger partial charge < -0.3 is 9.53 Å². The second-order valence-electron chi connectivity index (χ2n) is 2.94. The summed E-state index contributed by atoms with van der Waals surface area (Å²) in [6.45, 7) is 5.98. The van der Waals surface area contributed by atoms with E-state index in [4.69, 9.17) is 4.74 Å². The van der Waals surface area contributed by atoms with Gasteiger partial charge in [0, 0.05) is 13.0 Å². The molecule has 0 aliphatic heterocycles. The molecule has 0 aliphatic rings. The van der Waals surface area contributed by atoms with E-state index in [9.17, 15) is 4.79 Å². The van der Waals surface area contributed by atoms with E-state index < -0.39 is 0 Å². The van der Waals surface area contributed by atoms with Crippen LogP contribution in [0.1, 0.15) is 20.8 Å². The molecule has 0 aromatic rings. The highest BCUT2D eigenvalue weighted by Crippen LogP contribution is 2.13. The van der Waals surface area contributed by atoms with E-state index in [1.54, 1.807) is 7.11 Å². The van der Waals surface area contributed by atoms with Crippen LogP contribution in [0.5, 0.6) is 0 Å². The van der Waals surface area contributed by atoms with E-state index in [1.165, 1.54) is 0 Å². The number of carbonyl (C=O) groups is 1. The first-order valence-corrected chi connectivity index (χ1v) is 3.61. The maximum Gasteiger partial charge on any atom is 0.125 e. The van der Waals surface area contributed by atoms with E-state index in [2.05, 4.69) is 0 Å². The van der Waals surface area contributed by atoms with E-state index in [1.807, 2.05) is 20.8 Å². The molecule has 0 spiro atoms. The quantitative estimate of drug-likeness (QED) is 0.559. The lowest BCUT2D eigenvalue weighted by Crippen LogP contribution is -2.26. The van der Waals surface area contributed by atoms with E-state index >= 15 is 0 Å². The number of aldehydes is 1. The summed E-state index contributed by atoms with van der Waals surface area (Å²) in [6.07, 6.45) is 1.01. The number of hydrogen-bond donors (Lipinski definition) is 0. The second kappa shape index (κ2) is 4.45. The van der Waals surface area contributed by atoms with Crippen molar-refractivity contribution < 1.29 is 9.53 Å². The Kier molecular flexibility index (Phi) is 4.28. The van der Waals surface area contributed by atoms with Crippen molar-refractivity contribution in [3.05, 3.63) is 0 Å². The Morgan fingerprint density at radius 3 is 1.90 bits per heavy atom. The summed E-state index contributed by atoms with van der Waals surface area (Å²) in [7, 11) is 1.64. The summed E-state index contributed by atoms with van der Waals surface area (Å²) >= 11 is 0. The van der Waals surface area contributed by atoms with Crippen LogP contribution in [0.4, 0.5) is 0 Å². The largest absolute Gasteiger partial charge is 0.380 e. The zero-order valence-corrected chi connectivity index (χ0v) is 7.13. The van der Waals surface area contributed by atoms with Gasteiger partial charge in [-0.2, -0.15) is 0 Å². The van der Waals surface area contributed by atoms with Crippen molar-refractivity contribution in [1.82, 2.24) is 0 Å². The first kappa shape index (κ1) is 9.63. The van der Waals surface area contributed by atoms with Crippen LogP contribution in [0.15, 0.2) is 0 Å². The summed E-state index contributed by atoms with van der Waals surface area (Å²) in [6, 6.07) is 0. The van der Waals surface area contributed by atoms with Crippen LogP contribution in [-0.2, 0) is 9.53 Å². The molecule has 0 amide bonds. The number of rotatable bonds is 4. The monoisotopic (exact) mass is 144 g/mol. The smallest absolute Gasteiger partial charge is 0.125 e. The molecule has 0 N–H and O–H groups in total. The predicted octanol–water partition coefficient (Wildman–Crippen LogP) is 1.49. The van der Waals surface area contributed by atoms with Gasteiger partial charge >= 0.3 is 0 Å². The summed E-state index contributed by atoms with van der Waals surface area (Å²) < 4.78 is 5.13. The minimum Gasteiger partial charge on any atom is -0.380 e. The molecule has 0 aromatic heterocycles. The average molecular weight is 144 g/mol. The first-order valence-electron chi connectivity index (χ1n) is 3.61. The van der Waals surface area contributed by atoms with Crippen molar-refractivity contribution in [2.45, 2.75) is 26.9 Å². The van der Waals surface area contributed by atoms with Gasteiger partial charge in [0.2, 0.25) is 0 Å². The fraction of sp³-hybridized carbons (Fsp3) is 0.875. The van der Waals surface area contributed by atoms with Crippen molar-refractivity contribution in [3.8, 4) is 0 Å². The minimum absolute atomic E-state index is 0.00463. The Labute approximate surface area is 62.6 Å². The third kappa shape index (κ3) is 2.48. The highest BCUT2D eigenvalue weighted by Gasteiger charge is 2.18. The summed E-state index contributed by atoms with van der Waals surface area (Å²) in [4.78, 5) is 10.3. The normalized spacial score (nSPS) is 16.9. The molecule has 2 heteroatoms. The molecule has 0 fully saturated rings. The maximum absolute atomic E-state index is 10.3. The number of ether oxygens (including phenoxy) is 1. The first-order chi connectivity index (χ1) is 4.63. The van der Waals surface area contributed by atoms with Crippen molar-refractivity contribution in [3.63, 3.8) is 0 Å². The number of methoxy groups -OCH3 is 1. The van der Waals surface area contributed by atoms with Gasteiger partial charge in [-0.05, 0) is 5.92 Å². The van der Waals surface area contributed by atoms with Crippen LogP contribution in [0, 0.1) is 11.8 Å². The summed E-state index contributed by atoms with van der Waals surface area (Å²) in [5.74, 6) is 0.412. The summed E-state index contributed by atoms with van der Waals surface area (Å²) in [5, 5.41) is 0. The molecule has 2 atom stereocenters. The van der Waals surface area contributed by atoms with E-state index in [0.717, 1.165) is 6.29 Å². The Morgan fingerprint density at radius 2 is 1.80 bits per heavy atom. The molecule has 0 radical (unpaired) electrons. The van der Waals surface area contributed by atoms with Gasteiger partial charge in [0.15, 0.2) is 0 Å². The second-order valence-corrected chi connectivity index (χ2v) is 2.94. The van der Waals surface area contributed by atoms with Gasteiger partial charge in [0.05, 0.1) is 6.10 Å². The van der Waals surface area contributed by atoms with Crippen LogP contribution < -0.4 is 0 Å². The van der Waals surface area contributed by atoms with Crippen molar-refractivity contribution in [1.29, 1.82) is 0 Å². The lowest BCUT2D eigenvalue weighted by Gasteiger charge is -2.21. The third-order valence-electron chi connectivity index (χ3n) is 1.66. The minimum atomic E-state index is 0.00463. The van der Waals surface area contributed by atoms with Crippen LogP contribution in [0.2, 0.25) is 0 Å². The zero-order valence-electron chi connectivity index (χ0n) is 7.13. The van der Waals surface area contributed by atoms with E-state index in [-0.39, 0.29) is 12.0 Å². The summed E-state index contributed by atoms with van der Waals surface area (Å²) in [5.41, 5.74) is 0. The maximum atomic E-state index is 10.3. The molecule has 0 aliphatic carbocycles. The Hall–Kier alpha value is -0.370. The fourth-order valence-corrected chi connectivity index (χ4v) is 1.17. The van der Waals surface area contributed by atoms with Gasteiger partial charge in [-0.25, -0.2) is 0 Å². The molecule has 0 heterocycles. The Bertz CT molecular complexity index is 99.4. The van der Waals surface area contributed by atoms with Crippen molar-refractivity contribution in [2.24, 2.45) is 11.8 Å². The number of carbonyl (C=O) groups excluding carboxylic acids is 1. The molecule has 0 bridgehead atoms. The molecule has 2 nitrogen and oxygen atoms in total.